The third kappa shape index (κ3) is 2.03. The first-order valence-electron chi connectivity index (χ1n) is 9.33. The molecule has 3 aromatic carbocycles. The van der Waals surface area contributed by atoms with Gasteiger partial charge in [-0.25, -0.2) is 4.98 Å². The van der Waals surface area contributed by atoms with Crippen LogP contribution in [0.15, 0.2) is 89.6 Å². The molecule has 0 unspecified atom stereocenters. The summed E-state index contributed by atoms with van der Waals surface area (Å²) in [6.07, 6.45) is 4.00. The van der Waals surface area contributed by atoms with Gasteiger partial charge in [0.1, 0.15) is 11.2 Å². The smallest absolute Gasteiger partial charge is 0.219 e. The Labute approximate surface area is 161 Å². The fourth-order valence-electron chi connectivity index (χ4n) is 4.09. The number of aromatic nitrogens is 3. The number of fused-ring (bicyclic) bond motifs is 4. The fraction of sp³-hybridized carbons (Fsp3) is 0.0417. The van der Waals surface area contributed by atoms with Gasteiger partial charge >= 0.3 is 0 Å². The van der Waals surface area contributed by atoms with Crippen molar-refractivity contribution >= 4 is 32.8 Å². The van der Waals surface area contributed by atoms with Crippen LogP contribution in [0.25, 0.3) is 44.5 Å². The van der Waals surface area contributed by atoms with E-state index in [4.69, 9.17) is 9.40 Å². The van der Waals surface area contributed by atoms with Crippen molar-refractivity contribution in [2.24, 2.45) is 0 Å². The van der Waals surface area contributed by atoms with E-state index in [0.717, 1.165) is 44.8 Å². The van der Waals surface area contributed by atoms with E-state index >= 15 is 0 Å². The minimum atomic E-state index is 0.872. The van der Waals surface area contributed by atoms with Crippen LogP contribution in [0, 0.1) is 6.92 Å². The maximum atomic E-state index is 6.09. The SMILES string of the molecule is Cc1cnc(-n2ccc3ccccc32)n1-c1cccc2oc3ccccc3c12. The van der Waals surface area contributed by atoms with Gasteiger partial charge in [-0.3, -0.25) is 9.13 Å². The van der Waals surface area contributed by atoms with Crippen LogP contribution in [0.2, 0.25) is 0 Å². The Morgan fingerprint density at radius 3 is 2.61 bits per heavy atom. The van der Waals surface area contributed by atoms with Gasteiger partial charge in [0.25, 0.3) is 0 Å². The standard InChI is InChI=1S/C24H17N3O/c1-16-15-25-24(26-14-13-17-7-2-4-9-19(17)26)27(16)20-10-6-12-22-23(20)18-8-3-5-11-21(18)28-22/h2-15H,1H3. The van der Waals surface area contributed by atoms with Crippen LogP contribution in [-0.2, 0) is 0 Å². The lowest BCUT2D eigenvalue weighted by molar-refractivity contribution is 0.668. The molecule has 6 aromatic rings. The molecule has 0 aliphatic heterocycles. The highest BCUT2D eigenvalue weighted by Gasteiger charge is 2.18. The van der Waals surface area contributed by atoms with E-state index in [9.17, 15) is 0 Å². The zero-order valence-corrected chi connectivity index (χ0v) is 15.3. The van der Waals surface area contributed by atoms with Gasteiger partial charge in [0.15, 0.2) is 0 Å². The first-order valence-corrected chi connectivity index (χ1v) is 9.33. The van der Waals surface area contributed by atoms with Crippen molar-refractivity contribution in [2.45, 2.75) is 6.92 Å². The Morgan fingerprint density at radius 1 is 0.821 bits per heavy atom. The van der Waals surface area contributed by atoms with Crippen LogP contribution in [0.5, 0.6) is 0 Å². The van der Waals surface area contributed by atoms with Gasteiger partial charge < -0.3 is 4.42 Å². The van der Waals surface area contributed by atoms with Crippen LogP contribution in [0.3, 0.4) is 0 Å². The Morgan fingerprint density at radius 2 is 1.64 bits per heavy atom. The van der Waals surface area contributed by atoms with E-state index in [1.165, 1.54) is 5.39 Å². The molecule has 134 valence electrons. The largest absolute Gasteiger partial charge is 0.456 e. The second kappa shape index (κ2) is 5.60. The normalized spacial score (nSPS) is 11.8. The lowest BCUT2D eigenvalue weighted by Crippen LogP contribution is -2.06. The van der Waals surface area contributed by atoms with E-state index in [1.807, 2.05) is 30.5 Å². The van der Waals surface area contributed by atoms with Crippen LogP contribution >= 0.6 is 0 Å². The van der Waals surface area contributed by atoms with E-state index in [1.54, 1.807) is 0 Å². The lowest BCUT2D eigenvalue weighted by Gasteiger charge is -2.13. The number of hydrogen-bond acceptors (Lipinski definition) is 2. The molecule has 3 heterocycles. The zero-order valence-electron chi connectivity index (χ0n) is 15.3. The molecule has 28 heavy (non-hydrogen) atoms. The van der Waals surface area contributed by atoms with Crippen LogP contribution in [-0.4, -0.2) is 14.1 Å². The highest BCUT2D eigenvalue weighted by molar-refractivity contribution is 6.09. The molecule has 0 amide bonds. The molecule has 0 radical (unpaired) electrons. The van der Waals surface area contributed by atoms with Crippen LogP contribution < -0.4 is 0 Å². The van der Waals surface area contributed by atoms with Crippen LogP contribution in [0.4, 0.5) is 0 Å². The summed E-state index contributed by atoms with van der Waals surface area (Å²) >= 11 is 0. The molecular weight excluding hydrogens is 346 g/mol. The summed E-state index contributed by atoms with van der Waals surface area (Å²) < 4.78 is 10.4. The van der Waals surface area contributed by atoms with E-state index in [2.05, 4.69) is 70.8 Å². The highest BCUT2D eigenvalue weighted by atomic mass is 16.3. The Kier molecular flexibility index (Phi) is 3.06. The number of aryl methyl sites for hydroxylation is 1. The molecule has 0 N–H and O–H groups in total. The molecule has 0 saturated carbocycles. The van der Waals surface area contributed by atoms with Crippen molar-refractivity contribution in [3.05, 3.63) is 90.9 Å². The molecule has 0 aliphatic carbocycles. The van der Waals surface area contributed by atoms with E-state index in [0.29, 0.717) is 0 Å². The van der Waals surface area contributed by atoms with Crippen molar-refractivity contribution in [3.8, 4) is 11.6 Å². The van der Waals surface area contributed by atoms with Gasteiger partial charge in [-0.05, 0) is 37.3 Å². The van der Waals surface area contributed by atoms with E-state index < -0.39 is 0 Å². The molecule has 0 aliphatic rings. The summed E-state index contributed by atoms with van der Waals surface area (Å²) in [6, 6.07) is 24.9. The summed E-state index contributed by atoms with van der Waals surface area (Å²) in [5.41, 5.74) is 5.07. The summed E-state index contributed by atoms with van der Waals surface area (Å²) in [5, 5.41) is 3.42. The van der Waals surface area contributed by atoms with Gasteiger partial charge in [0, 0.05) is 22.7 Å². The molecule has 3 aromatic heterocycles. The predicted octanol–water partition coefficient (Wildman–Crippen LogP) is 6.02. The van der Waals surface area contributed by atoms with Gasteiger partial charge in [-0.15, -0.1) is 0 Å². The third-order valence-corrected chi connectivity index (χ3v) is 5.36. The maximum absolute atomic E-state index is 6.09. The van der Waals surface area contributed by atoms with E-state index in [-0.39, 0.29) is 0 Å². The van der Waals surface area contributed by atoms with Gasteiger partial charge in [0.05, 0.1) is 22.8 Å². The zero-order chi connectivity index (χ0) is 18.7. The summed E-state index contributed by atoms with van der Waals surface area (Å²) in [4.78, 5) is 4.75. The summed E-state index contributed by atoms with van der Waals surface area (Å²) in [6.45, 7) is 2.09. The Hall–Kier alpha value is -3.79. The minimum absolute atomic E-state index is 0.872. The first kappa shape index (κ1) is 15.3. The number of benzene rings is 3. The van der Waals surface area contributed by atoms with Crippen LogP contribution in [0.1, 0.15) is 5.69 Å². The summed E-state index contributed by atoms with van der Waals surface area (Å²) in [5.74, 6) is 0.872. The number of para-hydroxylation sites is 2. The molecule has 0 fully saturated rings. The molecule has 4 heteroatoms. The third-order valence-electron chi connectivity index (χ3n) is 5.36. The average molecular weight is 363 g/mol. The molecule has 0 bridgehead atoms. The highest BCUT2D eigenvalue weighted by Crippen LogP contribution is 2.35. The maximum Gasteiger partial charge on any atom is 0.219 e. The topological polar surface area (TPSA) is 35.9 Å². The van der Waals surface area contributed by atoms with Crippen molar-refractivity contribution in [2.75, 3.05) is 0 Å². The number of hydrogen-bond donors (Lipinski definition) is 0. The Bertz CT molecular complexity index is 1480. The molecule has 4 nitrogen and oxygen atoms in total. The van der Waals surface area contributed by atoms with Gasteiger partial charge in [0.2, 0.25) is 5.95 Å². The number of furan rings is 1. The quantitative estimate of drug-likeness (QED) is 0.377. The van der Waals surface area contributed by atoms with Gasteiger partial charge in [-0.1, -0.05) is 42.5 Å². The van der Waals surface area contributed by atoms with Crippen molar-refractivity contribution in [1.82, 2.24) is 14.1 Å². The monoisotopic (exact) mass is 363 g/mol. The fourth-order valence-corrected chi connectivity index (χ4v) is 4.09. The number of rotatable bonds is 2. The summed E-state index contributed by atoms with van der Waals surface area (Å²) in [7, 11) is 0. The number of imidazole rings is 1. The molecular formula is C24H17N3O. The minimum Gasteiger partial charge on any atom is -0.456 e. The van der Waals surface area contributed by atoms with Crippen molar-refractivity contribution in [3.63, 3.8) is 0 Å². The predicted molar refractivity (Wildman–Crippen MR) is 112 cm³/mol. The second-order valence-corrected chi connectivity index (χ2v) is 7.03. The molecule has 0 atom stereocenters. The second-order valence-electron chi connectivity index (χ2n) is 7.03. The number of nitrogens with zero attached hydrogens (tertiary/aromatic N) is 3. The first-order chi connectivity index (χ1) is 13.8. The molecule has 0 spiro atoms. The van der Waals surface area contributed by atoms with Crippen molar-refractivity contribution in [1.29, 1.82) is 0 Å². The molecule has 6 rings (SSSR count). The Balaban J connectivity index is 1.70. The molecule has 0 saturated heterocycles. The van der Waals surface area contributed by atoms with Crippen molar-refractivity contribution < 1.29 is 4.42 Å². The lowest BCUT2D eigenvalue weighted by atomic mass is 10.1. The average Bonchev–Trinajstić information content (AvgIpc) is 3.42. The van der Waals surface area contributed by atoms with Gasteiger partial charge in [-0.2, -0.15) is 0 Å².